The second kappa shape index (κ2) is 7.79. The molecule has 0 aliphatic carbocycles. The fourth-order valence-electron chi connectivity index (χ4n) is 2.92. The number of benzene rings is 1. The minimum absolute atomic E-state index is 0.101. The molecule has 1 saturated heterocycles. The summed E-state index contributed by atoms with van der Waals surface area (Å²) in [6.45, 7) is 11.4. The molecule has 2 rings (SSSR count). The van der Waals surface area contributed by atoms with Gasteiger partial charge in [0.15, 0.2) is 0 Å². The van der Waals surface area contributed by atoms with Crippen LogP contribution in [0, 0.1) is 0 Å². The van der Waals surface area contributed by atoms with Crippen LogP contribution in [0.2, 0.25) is 0 Å². The van der Waals surface area contributed by atoms with Crippen molar-refractivity contribution in [3.8, 4) is 0 Å². The van der Waals surface area contributed by atoms with E-state index in [1.165, 1.54) is 0 Å². The Morgan fingerprint density at radius 3 is 2.39 bits per heavy atom. The van der Waals surface area contributed by atoms with E-state index < -0.39 is 0 Å². The standard InChI is InChI=1S/C18H29N3O2/c1-14-11-21(12-15(2)23-14)18(3,4)13-20-17(22)19-10-16-8-6-5-7-9-16/h5-9,14-15H,10-13H2,1-4H3,(H2,19,20,22)/t14-,15+. The topological polar surface area (TPSA) is 53.6 Å². The molecule has 23 heavy (non-hydrogen) atoms. The van der Waals surface area contributed by atoms with Crippen LogP contribution in [0.15, 0.2) is 30.3 Å². The summed E-state index contributed by atoms with van der Waals surface area (Å²) < 4.78 is 5.78. The third-order valence-corrected chi connectivity index (χ3v) is 4.25. The van der Waals surface area contributed by atoms with Gasteiger partial charge in [0.1, 0.15) is 0 Å². The van der Waals surface area contributed by atoms with Gasteiger partial charge < -0.3 is 15.4 Å². The van der Waals surface area contributed by atoms with E-state index in [1.54, 1.807) is 0 Å². The number of hydrogen-bond donors (Lipinski definition) is 2. The average molecular weight is 319 g/mol. The van der Waals surface area contributed by atoms with Crippen molar-refractivity contribution in [2.24, 2.45) is 0 Å². The Bertz CT molecular complexity index is 494. The van der Waals surface area contributed by atoms with Crippen LogP contribution >= 0.6 is 0 Å². The van der Waals surface area contributed by atoms with Crippen molar-refractivity contribution in [2.75, 3.05) is 19.6 Å². The molecule has 1 aromatic rings. The molecule has 2 atom stereocenters. The second-order valence-corrected chi connectivity index (χ2v) is 7.00. The van der Waals surface area contributed by atoms with Gasteiger partial charge in [0, 0.05) is 31.7 Å². The normalized spacial score (nSPS) is 22.6. The van der Waals surface area contributed by atoms with Crippen LogP contribution in [0.5, 0.6) is 0 Å². The Balaban J connectivity index is 1.78. The van der Waals surface area contributed by atoms with Gasteiger partial charge in [-0.1, -0.05) is 30.3 Å². The Labute approximate surface area is 139 Å². The zero-order chi connectivity index (χ0) is 16.9. The molecule has 1 aromatic carbocycles. The van der Waals surface area contributed by atoms with Gasteiger partial charge in [0.2, 0.25) is 0 Å². The fraction of sp³-hybridized carbons (Fsp3) is 0.611. The minimum Gasteiger partial charge on any atom is -0.373 e. The SMILES string of the molecule is C[C@@H]1CN(C(C)(C)CNC(=O)NCc2ccccc2)C[C@H](C)O1. The van der Waals surface area contributed by atoms with Gasteiger partial charge in [-0.05, 0) is 33.3 Å². The molecule has 1 aliphatic rings. The molecule has 128 valence electrons. The highest BCUT2D eigenvalue weighted by Crippen LogP contribution is 2.20. The molecule has 1 aliphatic heterocycles. The van der Waals surface area contributed by atoms with Crippen molar-refractivity contribution in [1.29, 1.82) is 0 Å². The number of rotatable bonds is 5. The van der Waals surface area contributed by atoms with Gasteiger partial charge in [-0.15, -0.1) is 0 Å². The molecule has 5 heteroatoms. The maximum Gasteiger partial charge on any atom is 0.315 e. The van der Waals surface area contributed by atoms with Crippen molar-refractivity contribution in [2.45, 2.75) is 52.0 Å². The van der Waals surface area contributed by atoms with Crippen LogP contribution in [0.3, 0.4) is 0 Å². The summed E-state index contributed by atoms with van der Waals surface area (Å²) in [5.74, 6) is 0. The van der Waals surface area contributed by atoms with Crippen molar-refractivity contribution in [3.05, 3.63) is 35.9 Å². The predicted molar refractivity (Wildman–Crippen MR) is 92.3 cm³/mol. The lowest BCUT2D eigenvalue weighted by molar-refractivity contribution is -0.0947. The molecule has 0 aromatic heterocycles. The van der Waals surface area contributed by atoms with Crippen molar-refractivity contribution >= 4 is 6.03 Å². The van der Waals surface area contributed by atoms with E-state index in [1.807, 2.05) is 30.3 Å². The number of carbonyl (C=O) groups excluding carboxylic acids is 1. The molecule has 0 radical (unpaired) electrons. The minimum atomic E-state index is -0.128. The Kier molecular flexibility index (Phi) is 6.02. The molecule has 2 amide bonds. The monoisotopic (exact) mass is 319 g/mol. The highest BCUT2D eigenvalue weighted by atomic mass is 16.5. The Hall–Kier alpha value is -1.59. The van der Waals surface area contributed by atoms with E-state index in [0.29, 0.717) is 13.1 Å². The van der Waals surface area contributed by atoms with E-state index in [2.05, 4.69) is 43.2 Å². The smallest absolute Gasteiger partial charge is 0.315 e. The quantitative estimate of drug-likeness (QED) is 0.876. The third kappa shape index (κ3) is 5.52. The first-order valence-corrected chi connectivity index (χ1v) is 8.33. The highest BCUT2D eigenvalue weighted by Gasteiger charge is 2.33. The van der Waals surface area contributed by atoms with Gasteiger partial charge in [-0.25, -0.2) is 4.79 Å². The van der Waals surface area contributed by atoms with Crippen molar-refractivity contribution in [1.82, 2.24) is 15.5 Å². The van der Waals surface area contributed by atoms with Gasteiger partial charge in [-0.2, -0.15) is 0 Å². The summed E-state index contributed by atoms with van der Waals surface area (Å²) in [5.41, 5.74) is 0.994. The van der Waals surface area contributed by atoms with E-state index in [-0.39, 0.29) is 23.8 Å². The molecule has 0 bridgehead atoms. The number of carbonyl (C=O) groups is 1. The molecule has 2 N–H and O–H groups in total. The summed E-state index contributed by atoms with van der Waals surface area (Å²) >= 11 is 0. The van der Waals surface area contributed by atoms with Crippen LogP contribution in [-0.4, -0.2) is 48.3 Å². The van der Waals surface area contributed by atoms with Crippen LogP contribution < -0.4 is 10.6 Å². The summed E-state index contributed by atoms with van der Waals surface area (Å²) in [7, 11) is 0. The maximum atomic E-state index is 12.0. The summed E-state index contributed by atoms with van der Waals surface area (Å²) in [4.78, 5) is 14.4. The Morgan fingerprint density at radius 1 is 1.17 bits per heavy atom. The molecule has 0 unspecified atom stereocenters. The predicted octanol–water partition coefficient (Wildman–Crippen LogP) is 2.37. The summed E-state index contributed by atoms with van der Waals surface area (Å²) in [6.07, 6.45) is 0.454. The lowest BCUT2D eigenvalue weighted by Gasteiger charge is -2.45. The van der Waals surface area contributed by atoms with Crippen LogP contribution in [0.25, 0.3) is 0 Å². The summed E-state index contributed by atoms with van der Waals surface area (Å²) in [5, 5.41) is 5.89. The number of nitrogens with zero attached hydrogens (tertiary/aromatic N) is 1. The third-order valence-electron chi connectivity index (χ3n) is 4.25. The number of ether oxygens (including phenoxy) is 1. The number of amides is 2. The maximum absolute atomic E-state index is 12.0. The fourth-order valence-corrected chi connectivity index (χ4v) is 2.92. The first-order chi connectivity index (χ1) is 10.9. The second-order valence-electron chi connectivity index (χ2n) is 7.00. The summed E-state index contributed by atoms with van der Waals surface area (Å²) in [6, 6.07) is 9.78. The molecule has 1 fully saturated rings. The molecule has 0 saturated carbocycles. The first-order valence-electron chi connectivity index (χ1n) is 8.33. The molecular weight excluding hydrogens is 290 g/mol. The van der Waals surface area contributed by atoms with Crippen molar-refractivity contribution in [3.63, 3.8) is 0 Å². The van der Waals surface area contributed by atoms with Gasteiger partial charge in [0.25, 0.3) is 0 Å². The van der Waals surface area contributed by atoms with E-state index in [9.17, 15) is 4.79 Å². The molecule has 1 heterocycles. The Morgan fingerprint density at radius 2 is 1.78 bits per heavy atom. The first kappa shape index (κ1) is 17.8. The van der Waals surface area contributed by atoms with Gasteiger partial charge in [-0.3, -0.25) is 4.90 Å². The van der Waals surface area contributed by atoms with Crippen LogP contribution in [0.1, 0.15) is 33.3 Å². The average Bonchev–Trinajstić information content (AvgIpc) is 2.51. The van der Waals surface area contributed by atoms with Crippen LogP contribution in [-0.2, 0) is 11.3 Å². The van der Waals surface area contributed by atoms with Gasteiger partial charge >= 0.3 is 6.03 Å². The number of hydrogen-bond acceptors (Lipinski definition) is 3. The number of morpholine rings is 1. The lowest BCUT2D eigenvalue weighted by atomic mass is 10.00. The largest absolute Gasteiger partial charge is 0.373 e. The zero-order valence-electron chi connectivity index (χ0n) is 14.6. The number of urea groups is 1. The van der Waals surface area contributed by atoms with Crippen molar-refractivity contribution < 1.29 is 9.53 Å². The molecule has 5 nitrogen and oxygen atoms in total. The van der Waals surface area contributed by atoms with E-state index in [0.717, 1.165) is 18.7 Å². The zero-order valence-corrected chi connectivity index (χ0v) is 14.6. The lowest BCUT2D eigenvalue weighted by Crippen LogP contribution is -2.59. The van der Waals surface area contributed by atoms with E-state index >= 15 is 0 Å². The molecular formula is C18H29N3O2. The van der Waals surface area contributed by atoms with Gasteiger partial charge in [0.05, 0.1) is 12.2 Å². The van der Waals surface area contributed by atoms with Crippen LogP contribution in [0.4, 0.5) is 4.79 Å². The van der Waals surface area contributed by atoms with E-state index in [4.69, 9.17) is 4.74 Å². The highest BCUT2D eigenvalue weighted by molar-refractivity contribution is 5.73. The molecule has 0 spiro atoms. The number of nitrogens with one attached hydrogen (secondary N) is 2.